The summed E-state index contributed by atoms with van der Waals surface area (Å²) < 4.78 is 0. The molecule has 2 aromatic carbocycles. The van der Waals surface area contributed by atoms with Crippen LogP contribution >= 0.6 is 0 Å². The predicted molar refractivity (Wildman–Crippen MR) is 87.2 cm³/mol. The highest BCUT2D eigenvalue weighted by atomic mass is 16.1. The summed E-state index contributed by atoms with van der Waals surface area (Å²) in [4.78, 5) is 13.5. The molecule has 0 saturated carbocycles. The molecule has 3 rings (SSSR count). The van der Waals surface area contributed by atoms with Gasteiger partial charge in [0.05, 0.1) is 29.2 Å². The number of anilines is 5. The quantitative estimate of drug-likeness (QED) is 0.757. The van der Waals surface area contributed by atoms with Crippen molar-refractivity contribution in [3.63, 3.8) is 0 Å². The largest absolute Gasteiger partial charge is 0.397 e. The van der Waals surface area contributed by atoms with E-state index in [2.05, 4.69) is 10.6 Å². The number of hydrogen-bond donors (Lipinski definition) is 3. The number of nitrogens with two attached hydrogens (primary N) is 1. The molecule has 0 spiro atoms. The summed E-state index contributed by atoms with van der Waals surface area (Å²) in [6, 6.07) is 11.7. The third kappa shape index (κ3) is 2.50. The average molecular weight is 282 g/mol. The Morgan fingerprint density at radius 2 is 1.95 bits per heavy atom. The van der Waals surface area contributed by atoms with Crippen molar-refractivity contribution >= 4 is 34.3 Å². The van der Waals surface area contributed by atoms with Crippen LogP contribution in [-0.2, 0) is 11.2 Å². The summed E-state index contributed by atoms with van der Waals surface area (Å²) in [5, 5.41) is 6.19. The van der Waals surface area contributed by atoms with Gasteiger partial charge in [0.1, 0.15) is 0 Å². The predicted octanol–water partition coefficient (Wildman–Crippen LogP) is 2.57. The minimum Gasteiger partial charge on any atom is -0.397 e. The van der Waals surface area contributed by atoms with Gasteiger partial charge < -0.3 is 21.3 Å². The van der Waals surface area contributed by atoms with Gasteiger partial charge in [-0.05, 0) is 29.8 Å². The van der Waals surface area contributed by atoms with E-state index in [-0.39, 0.29) is 5.91 Å². The number of nitrogen functional groups attached to an aromatic ring is 1. The maximum absolute atomic E-state index is 11.4. The number of amides is 1. The molecule has 1 aliphatic rings. The first kappa shape index (κ1) is 13.3. The molecule has 0 saturated heterocycles. The normalized spacial score (nSPS) is 12.8. The average Bonchev–Trinajstić information content (AvgIpc) is 2.78. The summed E-state index contributed by atoms with van der Waals surface area (Å²) >= 11 is 0. The SMILES string of the molecule is CN(C)c1ccccc1Nc1cc2c(cc1N)CC(=O)N2. The van der Waals surface area contributed by atoms with Crippen LogP contribution in [0.4, 0.5) is 28.4 Å². The van der Waals surface area contributed by atoms with Crippen molar-refractivity contribution in [2.24, 2.45) is 0 Å². The Kier molecular flexibility index (Phi) is 3.17. The number of benzene rings is 2. The van der Waals surface area contributed by atoms with Crippen LogP contribution in [0, 0.1) is 0 Å². The van der Waals surface area contributed by atoms with Gasteiger partial charge in [-0.15, -0.1) is 0 Å². The molecule has 2 aromatic rings. The van der Waals surface area contributed by atoms with Gasteiger partial charge in [0, 0.05) is 19.8 Å². The van der Waals surface area contributed by atoms with E-state index in [1.54, 1.807) is 0 Å². The summed E-state index contributed by atoms with van der Waals surface area (Å²) in [5.41, 5.74) is 11.4. The van der Waals surface area contributed by atoms with E-state index in [0.717, 1.165) is 28.3 Å². The van der Waals surface area contributed by atoms with E-state index in [1.807, 2.05) is 55.4 Å². The molecule has 0 bridgehead atoms. The van der Waals surface area contributed by atoms with E-state index in [0.29, 0.717) is 12.1 Å². The van der Waals surface area contributed by atoms with Crippen LogP contribution in [0.5, 0.6) is 0 Å². The summed E-state index contributed by atoms with van der Waals surface area (Å²) in [7, 11) is 3.99. The van der Waals surface area contributed by atoms with Gasteiger partial charge in [0.15, 0.2) is 0 Å². The number of rotatable bonds is 3. The molecule has 1 aliphatic heterocycles. The molecule has 21 heavy (non-hydrogen) atoms. The van der Waals surface area contributed by atoms with E-state index < -0.39 is 0 Å². The molecule has 1 heterocycles. The smallest absolute Gasteiger partial charge is 0.228 e. The zero-order valence-corrected chi connectivity index (χ0v) is 12.1. The first-order valence-electron chi connectivity index (χ1n) is 6.80. The maximum Gasteiger partial charge on any atom is 0.228 e. The minimum absolute atomic E-state index is 0.00948. The van der Waals surface area contributed by atoms with Crippen LogP contribution < -0.4 is 21.3 Å². The number of nitrogens with zero attached hydrogens (tertiary/aromatic N) is 1. The van der Waals surface area contributed by atoms with Crippen molar-refractivity contribution in [1.82, 2.24) is 0 Å². The second-order valence-corrected chi connectivity index (χ2v) is 5.36. The lowest BCUT2D eigenvalue weighted by Gasteiger charge is -2.19. The lowest BCUT2D eigenvalue weighted by Crippen LogP contribution is -2.11. The number of carbonyl (C=O) groups is 1. The standard InChI is InChI=1S/C16H18N4O/c1-20(2)15-6-4-3-5-12(15)18-14-9-13-10(7-11(14)17)8-16(21)19-13/h3-7,9,18H,8,17H2,1-2H3,(H,19,21). The van der Waals surface area contributed by atoms with E-state index >= 15 is 0 Å². The Morgan fingerprint density at radius 1 is 1.19 bits per heavy atom. The van der Waals surface area contributed by atoms with Crippen LogP contribution in [0.2, 0.25) is 0 Å². The van der Waals surface area contributed by atoms with Gasteiger partial charge in [0.2, 0.25) is 5.91 Å². The lowest BCUT2D eigenvalue weighted by molar-refractivity contribution is -0.115. The van der Waals surface area contributed by atoms with E-state index in [4.69, 9.17) is 5.73 Å². The second-order valence-electron chi connectivity index (χ2n) is 5.36. The number of fused-ring (bicyclic) bond motifs is 1. The van der Waals surface area contributed by atoms with Gasteiger partial charge in [0.25, 0.3) is 0 Å². The highest BCUT2D eigenvalue weighted by Crippen LogP contribution is 2.35. The Bertz CT molecular complexity index is 709. The molecule has 0 fully saturated rings. The molecule has 0 aliphatic carbocycles. The number of hydrogen-bond acceptors (Lipinski definition) is 4. The fourth-order valence-corrected chi connectivity index (χ4v) is 2.52. The highest BCUT2D eigenvalue weighted by molar-refractivity contribution is 6.01. The third-order valence-corrected chi connectivity index (χ3v) is 3.56. The zero-order chi connectivity index (χ0) is 15.0. The molecular weight excluding hydrogens is 264 g/mol. The van der Waals surface area contributed by atoms with Crippen molar-refractivity contribution in [1.29, 1.82) is 0 Å². The fraction of sp³-hybridized carbons (Fsp3) is 0.188. The maximum atomic E-state index is 11.4. The van der Waals surface area contributed by atoms with Crippen LogP contribution in [0.1, 0.15) is 5.56 Å². The van der Waals surface area contributed by atoms with Crippen LogP contribution in [-0.4, -0.2) is 20.0 Å². The monoisotopic (exact) mass is 282 g/mol. The van der Waals surface area contributed by atoms with Crippen LogP contribution in [0.25, 0.3) is 0 Å². The molecule has 108 valence electrons. The van der Waals surface area contributed by atoms with E-state index in [1.165, 1.54) is 0 Å². The number of para-hydroxylation sites is 2. The van der Waals surface area contributed by atoms with Crippen molar-refractivity contribution in [3.8, 4) is 0 Å². The molecule has 0 radical (unpaired) electrons. The molecule has 0 aromatic heterocycles. The van der Waals surface area contributed by atoms with Crippen molar-refractivity contribution in [2.45, 2.75) is 6.42 Å². The van der Waals surface area contributed by atoms with Gasteiger partial charge in [-0.1, -0.05) is 12.1 Å². The Labute approximate surface area is 123 Å². The van der Waals surface area contributed by atoms with Gasteiger partial charge >= 0.3 is 0 Å². The number of carbonyl (C=O) groups excluding carboxylic acids is 1. The van der Waals surface area contributed by atoms with Crippen molar-refractivity contribution in [2.75, 3.05) is 35.4 Å². The molecule has 1 amide bonds. The minimum atomic E-state index is 0.00948. The summed E-state index contributed by atoms with van der Waals surface area (Å²) in [6.45, 7) is 0. The van der Waals surface area contributed by atoms with Crippen molar-refractivity contribution < 1.29 is 4.79 Å². The highest BCUT2D eigenvalue weighted by Gasteiger charge is 2.19. The molecule has 5 heteroatoms. The summed E-state index contributed by atoms with van der Waals surface area (Å²) in [6.07, 6.45) is 0.397. The molecule has 5 nitrogen and oxygen atoms in total. The van der Waals surface area contributed by atoms with Crippen molar-refractivity contribution in [3.05, 3.63) is 42.0 Å². The number of nitrogens with one attached hydrogen (secondary N) is 2. The van der Waals surface area contributed by atoms with Gasteiger partial charge in [-0.2, -0.15) is 0 Å². The Hall–Kier alpha value is -2.69. The molecule has 0 unspecified atom stereocenters. The van der Waals surface area contributed by atoms with E-state index in [9.17, 15) is 4.79 Å². The topological polar surface area (TPSA) is 70.4 Å². The van der Waals surface area contributed by atoms with Crippen LogP contribution in [0.3, 0.4) is 0 Å². The zero-order valence-electron chi connectivity index (χ0n) is 12.1. The first-order valence-corrected chi connectivity index (χ1v) is 6.80. The van der Waals surface area contributed by atoms with Crippen LogP contribution in [0.15, 0.2) is 36.4 Å². The van der Waals surface area contributed by atoms with Gasteiger partial charge in [-0.3, -0.25) is 4.79 Å². The molecule has 0 atom stereocenters. The molecular formula is C16H18N4O. The Balaban J connectivity index is 1.96. The fourth-order valence-electron chi connectivity index (χ4n) is 2.52. The third-order valence-electron chi connectivity index (χ3n) is 3.56. The lowest BCUT2D eigenvalue weighted by atomic mass is 10.1. The Morgan fingerprint density at radius 3 is 2.71 bits per heavy atom. The second kappa shape index (κ2) is 5.01. The van der Waals surface area contributed by atoms with Gasteiger partial charge in [-0.25, -0.2) is 0 Å². The summed E-state index contributed by atoms with van der Waals surface area (Å²) in [5.74, 6) is 0.00948. The molecule has 4 N–H and O–H groups in total. The first-order chi connectivity index (χ1) is 10.0.